The molecule has 276 valence electrons. The Labute approximate surface area is 309 Å². The van der Waals surface area contributed by atoms with Crippen LogP contribution in [0.2, 0.25) is 0 Å². The summed E-state index contributed by atoms with van der Waals surface area (Å²) < 4.78 is 17.4. The number of fused-ring (bicyclic) bond motifs is 4. The average Bonchev–Trinajstić information content (AvgIpc) is 3.92. The van der Waals surface area contributed by atoms with Gasteiger partial charge in [0.1, 0.15) is 23.8 Å². The van der Waals surface area contributed by atoms with E-state index in [1.807, 2.05) is 43.3 Å². The van der Waals surface area contributed by atoms with Crippen LogP contribution in [-0.2, 0) is 15.6 Å². The summed E-state index contributed by atoms with van der Waals surface area (Å²) in [6.07, 6.45) is 4.14. The number of ether oxygens (including phenoxy) is 3. The van der Waals surface area contributed by atoms with Crippen LogP contribution in [0.4, 0.5) is 11.6 Å². The number of para-hydroxylation sites is 2. The lowest BCUT2D eigenvalue weighted by Gasteiger charge is -2.38. The second kappa shape index (κ2) is 14.6. The highest BCUT2D eigenvalue weighted by molar-refractivity contribution is 5.93. The summed E-state index contributed by atoms with van der Waals surface area (Å²) in [4.78, 5) is 21.0. The van der Waals surface area contributed by atoms with E-state index >= 15 is 0 Å². The number of nitrogens with zero attached hydrogens (tertiary/aromatic N) is 7. The summed E-state index contributed by atoms with van der Waals surface area (Å²) in [5.41, 5.74) is 3.91. The van der Waals surface area contributed by atoms with Gasteiger partial charge in [-0.25, -0.2) is 4.99 Å². The van der Waals surface area contributed by atoms with Crippen LogP contribution in [0.5, 0.6) is 11.5 Å². The lowest BCUT2D eigenvalue weighted by molar-refractivity contribution is 0.0916. The van der Waals surface area contributed by atoms with Crippen LogP contribution >= 0.6 is 0 Å². The minimum absolute atomic E-state index is 0.0980. The number of hydrogen-bond donors (Lipinski definition) is 2. The number of aliphatic hydroxyl groups is 1. The van der Waals surface area contributed by atoms with Gasteiger partial charge in [0.25, 0.3) is 5.91 Å². The predicted molar refractivity (Wildman–Crippen MR) is 200 cm³/mol. The lowest BCUT2D eigenvalue weighted by Crippen LogP contribution is -2.44. The summed E-state index contributed by atoms with van der Waals surface area (Å²) in [7, 11) is 0. The number of piperidine rings is 2. The Hall–Kier alpha value is -5.30. The van der Waals surface area contributed by atoms with Gasteiger partial charge in [0.15, 0.2) is 17.3 Å². The summed E-state index contributed by atoms with van der Waals surface area (Å²) in [6, 6.07) is 24.1. The molecule has 2 atom stereocenters. The average molecular weight is 719 g/mol. The van der Waals surface area contributed by atoms with E-state index in [2.05, 4.69) is 70.8 Å². The molecule has 7 heterocycles. The van der Waals surface area contributed by atoms with Gasteiger partial charge in [0.05, 0.1) is 25.9 Å². The summed E-state index contributed by atoms with van der Waals surface area (Å²) in [6.45, 7) is 9.47. The van der Waals surface area contributed by atoms with Crippen molar-refractivity contribution in [2.75, 3.05) is 62.4 Å². The van der Waals surface area contributed by atoms with Gasteiger partial charge in [-0.2, -0.15) is 0 Å². The maximum absolute atomic E-state index is 12.0. The highest BCUT2D eigenvalue weighted by Gasteiger charge is 2.44. The van der Waals surface area contributed by atoms with Crippen LogP contribution in [0.3, 0.4) is 0 Å². The highest BCUT2D eigenvalue weighted by Crippen LogP contribution is 2.47. The van der Waals surface area contributed by atoms with Crippen molar-refractivity contribution in [3.63, 3.8) is 0 Å². The molecule has 0 saturated carbocycles. The molecule has 5 aliphatic heterocycles. The van der Waals surface area contributed by atoms with Crippen molar-refractivity contribution in [2.45, 2.75) is 62.4 Å². The van der Waals surface area contributed by atoms with Gasteiger partial charge in [-0.15, -0.1) is 20.4 Å². The first-order chi connectivity index (χ1) is 25.8. The molecule has 13 heteroatoms. The number of carbonyl (C=O) groups is 1. The van der Waals surface area contributed by atoms with E-state index < -0.39 is 0 Å². The molecule has 9 rings (SSSR count). The van der Waals surface area contributed by atoms with Gasteiger partial charge in [0.2, 0.25) is 5.90 Å². The largest absolute Gasteiger partial charge is 0.492 e. The van der Waals surface area contributed by atoms with E-state index in [9.17, 15) is 4.79 Å². The number of aliphatic imine (C=N–C) groups is 1. The lowest BCUT2D eigenvalue weighted by atomic mass is 9.74. The summed E-state index contributed by atoms with van der Waals surface area (Å²) in [5.74, 6) is 4.04. The van der Waals surface area contributed by atoms with Crippen molar-refractivity contribution in [3.05, 3.63) is 95.3 Å². The zero-order valence-corrected chi connectivity index (χ0v) is 30.3. The van der Waals surface area contributed by atoms with E-state index in [4.69, 9.17) is 19.3 Å². The van der Waals surface area contributed by atoms with Gasteiger partial charge in [-0.1, -0.05) is 36.4 Å². The fourth-order valence-electron chi connectivity index (χ4n) is 7.98. The minimum atomic E-state index is -0.326. The molecule has 2 unspecified atom stereocenters. The molecule has 5 aliphatic rings. The minimum Gasteiger partial charge on any atom is -0.492 e. The van der Waals surface area contributed by atoms with Gasteiger partial charge >= 0.3 is 0 Å². The number of anilines is 2. The molecule has 2 saturated heterocycles. The van der Waals surface area contributed by atoms with Crippen molar-refractivity contribution in [3.8, 4) is 11.5 Å². The topological polar surface area (TPSA) is 147 Å². The quantitative estimate of drug-likeness (QED) is 0.297. The smallest absolute Gasteiger partial charge is 0.272 e. The van der Waals surface area contributed by atoms with Crippen molar-refractivity contribution in [1.82, 2.24) is 25.7 Å². The van der Waals surface area contributed by atoms with Crippen LogP contribution < -0.4 is 24.6 Å². The number of benzene rings is 2. The molecule has 2 N–H and O–H groups in total. The van der Waals surface area contributed by atoms with Crippen molar-refractivity contribution in [1.29, 1.82) is 0 Å². The first kappa shape index (κ1) is 34.8. The SMILES string of the molecule is CC(CO)NC(=O)c1ccc(N2CCC3(CC2)COc2ccccc23)nn1.CC1COC(c2ccc(N3CCC4(CC3)COc3ccccc34)nn2)=N1. The molecule has 0 aliphatic carbocycles. The number of aromatic nitrogens is 4. The molecule has 53 heavy (non-hydrogen) atoms. The molecule has 1 amide bonds. The van der Waals surface area contributed by atoms with Gasteiger partial charge < -0.3 is 34.4 Å². The van der Waals surface area contributed by atoms with E-state index in [-0.39, 0.29) is 41.1 Å². The summed E-state index contributed by atoms with van der Waals surface area (Å²) in [5, 5.41) is 28.7. The Morgan fingerprint density at radius 3 is 1.79 bits per heavy atom. The molecular weight excluding hydrogens is 672 g/mol. The van der Waals surface area contributed by atoms with E-state index in [0.29, 0.717) is 18.2 Å². The molecule has 0 radical (unpaired) electrons. The van der Waals surface area contributed by atoms with Crippen LogP contribution in [0, 0.1) is 0 Å². The number of nitrogens with one attached hydrogen (secondary N) is 1. The Morgan fingerprint density at radius 1 is 0.774 bits per heavy atom. The third kappa shape index (κ3) is 6.97. The molecule has 13 nitrogen and oxygen atoms in total. The first-order valence-corrected chi connectivity index (χ1v) is 18.6. The zero-order valence-electron chi connectivity index (χ0n) is 30.3. The van der Waals surface area contributed by atoms with Crippen molar-refractivity contribution >= 4 is 23.4 Å². The molecule has 2 aromatic heterocycles. The molecular formula is C40H46N8O5. The normalized spacial score (nSPS) is 21.0. The molecule has 4 aromatic rings. The fourth-order valence-corrected chi connectivity index (χ4v) is 7.98. The Kier molecular flexibility index (Phi) is 9.59. The third-order valence-electron chi connectivity index (χ3n) is 11.2. The van der Waals surface area contributed by atoms with Crippen LogP contribution in [0.25, 0.3) is 0 Å². The second-order valence-electron chi connectivity index (χ2n) is 14.8. The highest BCUT2D eigenvalue weighted by atomic mass is 16.5. The van der Waals surface area contributed by atoms with Crippen molar-refractivity contribution < 1.29 is 24.1 Å². The number of carbonyl (C=O) groups excluding carboxylic acids is 1. The van der Waals surface area contributed by atoms with Gasteiger partial charge in [-0.3, -0.25) is 4.79 Å². The third-order valence-corrected chi connectivity index (χ3v) is 11.2. The van der Waals surface area contributed by atoms with Crippen LogP contribution in [-0.4, -0.2) is 102 Å². The summed E-state index contributed by atoms with van der Waals surface area (Å²) >= 11 is 0. The number of rotatable bonds is 6. The molecule has 2 fully saturated rings. The monoisotopic (exact) mass is 718 g/mol. The molecule has 0 bridgehead atoms. The molecule has 2 aromatic carbocycles. The van der Waals surface area contributed by atoms with E-state index in [1.165, 1.54) is 11.1 Å². The van der Waals surface area contributed by atoms with E-state index in [1.54, 1.807) is 13.0 Å². The predicted octanol–water partition coefficient (Wildman–Crippen LogP) is 4.09. The standard InChI is InChI=1S/C20H24N4O3.C20H22N4O2/c1-14(12-25)21-19(26)16-6-7-18(23-22-16)24-10-8-20(9-11-24)13-27-17-5-3-2-4-15(17)20;1-14-12-25-19(21-14)16-6-7-18(23-22-16)24-10-8-20(9-11-24)13-26-17-5-3-2-4-15(17)20/h2-7,14,25H,8-13H2,1H3,(H,21,26);2-7,14H,8-13H2,1H3. The number of aliphatic hydroxyl groups excluding tert-OH is 1. The van der Waals surface area contributed by atoms with E-state index in [0.717, 1.165) is 88.2 Å². The Morgan fingerprint density at radius 2 is 1.32 bits per heavy atom. The van der Waals surface area contributed by atoms with Gasteiger partial charge in [0, 0.05) is 54.2 Å². The Balaban J connectivity index is 0.000000151. The zero-order chi connectivity index (χ0) is 36.4. The van der Waals surface area contributed by atoms with Crippen molar-refractivity contribution in [2.24, 2.45) is 4.99 Å². The maximum Gasteiger partial charge on any atom is 0.272 e. The van der Waals surface area contributed by atoms with Crippen LogP contribution in [0.1, 0.15) is 66.8 Å². The second-order valence-corrected chi connectivity index (χ2v) is 14.8. The number of amides is 1. The fraction of sp³-hybridized carbons (Fsp3) is 0.450. The first-order valence-electron chi connectivity index (χ1n) is 18.6. The Bertz CT molecular complexity index is 1940. The van der Waals surface area contributed by atoms with Crippen LogP contribution in [0.15, 0.2) is 77.8 Å². The number of hydrogen-bond acceptors (Lipinski definition) is 12. The maximum atomic E-state index is 12.0. The van der Waals surface area contributed by atoms with Gasteiger partial charge in [-0.05, 0) is 75.9 Å². The molecule has 2 spiro atoms.